The number of nitrogens with one attached hydrogen (secondary N) is 1. The molecule has 0 spiro atoms. The summed E-state index contributed by atoms with van der Waals surface area (Å²) in [5.74, 6) is -0.208. The van der Waals surface area contributed by atoms with E-state index in [1.807, 2.05) is 63.2 Å². The van der Waals surface area contributed by atoms with Gasteiger partial charge in [0.25, 0.3) is 0 Å². The third kappa shape index (κ3) is 4.22. The second-order valence-electron chi connectivity index (χ2n) is 7.05. The number of aromatic nitrogens is 1. The molecular formula is C21H24N2O3S. The zero-order valence-corrected chi connectivity index (χ0v) is 16.6. The lowest BCUT2D eigenvalue weighted by atomic mass is 10.1. The van der Waals surface area contributed by atoms with Gasteiger partial charge in [-0.25, -0.2) is 8.42 Å². The Balaban J connectivity index is 2.01. The molecule has 27 heavy (non-hydrogen) atoms. The number of hydrogen-bond acceptors (Lipinski definition) is 3. The highest BCUT2D eigenvalue weighted by Crippen LogP contribution is 2.28. The van der Waals surface area contributed by atoms with Crippen LogP contribution >= 0.6 is 0 Å². The molecule has 0 unspecified atom stereocenters. The molecule has 5 nitrogen and oxygen atoms in total. The van der Waals surface area contributed by atoms with E-state index in [0.717, 1.165) is 16.6 Å². The molecule has 3 aromatic rings. The maximum Gasteiger partial charge on any atom is 0.240 e. The summed E-state index contributed by atoms with van der Waals surface area (Å²) >= 11 is 0. The molecule has 3 rings (SSSR count). The van der Waals surface area contributed by atoms with Crippen molar-refractivity contribution in [3.63, 3.8) is 0 Å². The predicted octanol–water partition coefficient (Wildman–Crippen LogP) is 3.45. The Labute approximate surface area is 159 Å². The van der Waals surface area contributed by atoms with Gasteiger partial charge in [0, 0.05) is 23.1 Å². The van der Waals surface area contributed by atoms with Gasteiger partial charge in [0.2, 0.25) is 5.91 Å². The van der Waals surface area contributed by atoms with Crippen molar-refractivity contribution < 1.29 is 13.2 Å². The highest BCUT2D eigenvalue weighted by atomic mass is 32.2. The fourth-order valence-electron chi connectivity index (χ4n) is 3.17. The minimum Gasteiger partial charge on any atom is -0.352 e. The molecule has 0 radical (unpaired) electrons. The second-order valence-corrected chi connectivity index (χ2v) is 9.00. The molecule has 0 saturated carbocycles. The summed E-state index contributed by atoms with van der Waals surface area (Å²) in [5, 5.41) is 3.48. The van der Waals surface area contributed by atoms with E-state index >= 15 is 0 Å². The summed E-state index contributed by atoms with van der Waals surface area (Å²) in [5.41, 5.74) is 2.47. The van der Waals surface area contributed by atoms with E-state index in [9.17, 15) is 13.2 Å². The molecule has 2 aromatic carbocycles. The van der Waals surface area contributed by atoms with Crippen LogP contribution in [-0.2, 0) is 26.9 Å². The van der Waals surface area contributed by atoms with E-state index in [1.165, 1.54) is 0 Å². The molecule has 1 heterocycles. The van der Waals surface area contributed by atoms with Gasteiger partial charge in [-0.05, 0) is 38.0 Å². The van der Waals surface area contributed by atoms with Crippen molar-refractivity contribution >= 4 is 26.6 Å². The van der Waals surface area contributed by atoms with Crippen molar-refractivity contribution in [1.29, 1.82) is 0 Å². The van der Waals surface area contributed by atoms with E-state index in [4.69, 9.17) is 0 Å². The third-order valence-corrected chi connectivity index (χ3v) is 6.14. The van der Waals surface area contributed by atoms with Crippen LogP contribution in [0.1, 0.15) is 25.0 Å². The van der Waals surface area contributed by atoms with Crippen LogP contribution in [-0.4, -0.2) is 24.9 Å². The lowest BCUT2D eigenvalue weighted by Crippen LogP contribution is -2.32. The zero-order chi connectivity index (χ0) is 19.6. The number of rotatable bonds is 6. The summed E-state index contributed by atoms with van der Waals surface area (Å²) in [6.45, 7) is 5.77. The lowest BCUT2D eigenvalue weighted by Gasteiger charge is -2.09. The number of carbonyl (C=O) groups excluding carboxylic acids is 1. The number of nitrogens with zero attached hydrogens (tertiary/aromatic N) is 1. The van der Waals surface area contributed by atoms with E-state index in [2.05, 4.69) is 5.32 Å². The summed E-state index contributed by atoms with van der Waals surface area (Å²) in [6, 6.07) is 14.8. The third-order valence-electron chi connectivity index (χ3n) is 4.46. The molecule has 142 valence electrons. The van der Waals surface area contributed by atoms with Gasteiger partial charge < -0.3 is 9.88 Å². The van der Waals surface area contributed by atoms with Gasteiger partial charge in [-0.3, -0.25) is 4.79 Å². The minimum atomic E-state index is -3.55. The van der Waals surface area contributed by atoms with Crippen molar-refractivity contribution in [3.05, 3.63) is 65.9 Å². The Morgan fingerprint density at radius 1 is 1.07 bits per heavy atom. The molecular weight excluding hydrogens is 360 g/mol. The molecule has 1 amide bonds. The van der Waals surface area contributed by atoms with Crippen molar-refractivity contribution in [3.8, 4) is 0 Å². The van der Waals surface area contributed by atoms with E-state index in [1.54, 1.807) is 16.8 Å². The van der Waals surface area contributed by atoms with Crippen molar-refractivity contribution in [2.75, 3.05) is 0 Å². The van der Waals surface area contributed by atoms with Crippen LogP contribution in [0.4, 0.5) is 0 Å². The Morgan fingerprint density at radius 3 is 2.44 bits per heavy atom. The highest BCUT2D eigenvalue weighted by Gasteiger charge is 2.23. The van der Waals surface area contributed by atoms with Crippen molar-refractivity contribution in [2.45, 2.75) is 44.0 Å². The second kappa shape index (κ2) is 7.56. The van der Waals surface area contributed by atoms with Gasteiger partial charge >= 0.3 is 0 Å². The monoisotopic (exact) mass is 384 g/mol. The zero-order valence-electron chi connectivity index (χ0n) is 15.8. The van der Waals surface area contributed by atoms with Gasteiger partial charge in [-0.1, -0.05) is 42.5 Å². The number of aryl methyl sites for hydroxylation is 1. The van der Waals surface area contributed by atoms with Crippen LogP contribution in [0.25, 0.3) is 10.9 Å². The van der Waals surface area contributed by atoms with Gasteiger partial charge in [0.1, 0.15) is 6.54 Å². The Morgan fingerprint density at radius 2 is 1.74 bits per heavy atom. The molecule has 0 fully saturated rings. The van der Waals surface area contributed by atoms with Crippen LogP contribution in [0.15, 0.2) is 59.6 Å². The average molecular weight is 385 g/mol. The van der Waals surface area contributed by atoms with Crippen molar-refractivity contribution in [2.24, 2.45) is 0 Å². The number of amides is 1. The maximum atomic E-state index is 13.1. The van der Waals surface area contributed by atoms with Gasteiger partial charge in [-0.2, -0.15) is 0 Å². The van der Waals surface area contributed by atoms with Crippen LogP contribution in [0.3, 0.4) is 0 Å². The largest absolute Gasteiger partial charge is 0.352 e. The molecule has 0 bridgehead atoms. The number of para-hydroxylation sites is 1. The Kier molecular flexibility index (Phi) is 5.37. The molecule has 0 aliphatic rings. The first-order chi connectivity index (χ1) is 12.8. The molecule has 0 saturated heterocycles. The summed E-state index contributed by atoms with van der Waals surface area (Å²) in [6.07, 6.45) is 1.58. The van der Waals surface area contributed by atoms with E-state index in [-0.39, 0.29) is 29.1 Å². The minimum absolute atomic E-state index is 0.0311. The Bertz CT molecular complexity index is 1080. The number of benzene rings is 2. The number of sulfone groups is 1. The SMILES string of the molecule is Cc1ccccc1CS(=O)(=O)c1cn(CC(=O)NC(C)C)c2ccccc12. The summed E-state index contributed by atoms with van der Waals surface area (Å²) in [4.78, 5) is 12.4. The number of carbonyl (C=O) groups is 1. The molecule has 1 N–H and O–H groups in total. The molecule has 1 aromatic heterocycles. The van der Waals surface area contributed by atoms with Crippen molar-refractivity contribution in [1.82, 2.24) is 9.88 Å². The number of hydrogen-bond donors (Lipinski definition) is 1. The topological polar surface area (TPSA) is 68.2 Å². The lowest BCUT2D eigenvalue weighted by molar-refractivity contribution is -0.122. The highest BCUT2D eigenvalue weighted by molar-refractivity contribution is 7.90. The first-order valence-electron chi connectivity index (χ1n) is 8.92. The van der Waals surface area contributed by atoms with E-state index < -0.39 is 9.84 Å². The normalized spacial score (nSPS) is 11.9. The fourth-order valence-corrected chi connectivity index (χ4v) is 4.85. The summed E-state index contributed by atoms with van der Waals surface area (Å²) in [7, 11) is -3.55. The Hall–Kier alpha value is -2.60. The molecule has 6 heteroatoms. The smallest absolute Gasteiger partial charge is 0.240 e. The fraction of sp³-hybridized carbons (Fsp3) is 0.286. The average Bonchev–Trinajstić information content (AvgIpc) is 2.96. The molecule has 0 aliphatic heterocycles. The number of fused-ring (bicyclic) bond motifs is 1. The first kappa shape index (κ1) is 19.2. The molecule has 0 aliphatic carbocycles. The van der Waals surface area contributed by atoms with E-state index in [0.29, 0.717) is 5.39 Å². The van der Waals surface area contributed by atoms with Crippen LogP contribution in [0, 0.1) is 6.92 Å². The molecule has 0 atom stereocenters. The van der Waals surface area contributed by atoms with Gasteiger partial charge in [0.05, 0.1) is 10.6 Å². The predicted molar refractivity (Wildman–Crippen MR) is 107 cm³/mol. The van der Waals surface area contributed by atoms with Gasteiger partial charge in [-0.15, -0.1) is 0 Å². The first-order valence-corrected chi connectivity index (χ1v) is 10.6. The standard InChI is InChI=1S/C21H24N2O3S/c1-15(2)22-21(24)13-23-12-20(18-10-6-7-11-19(18)23)27(25,26)14-17-9-5-4-8-16(17)3/h4-12,15H,13-14H2,1-3H3,(H,22,24). The van der Waals surface area contributed by atoms with Crippen LogP contribution in [0.5, 0.6) is 0 Å². The van der Waals surface area contributed by atoms with Gasteiger partial charge in [0.15, 0.2) is 9.84 Å². The van der Waals surface area contributed by atoms with Crippen LogP contribution < -0.4 is 5.32 Å². The quantitative estimate of drug-likeness (QED) is 0.708. The summed E-state index contributed by atoms with van der Waals surface area (Å²) < 4.78 is 28.0. The maximum absolute atomic E-state index is 13.1. The van der Waals surface area contributed by atoms with Crippen LogP contribution in [0.2, 0.25) is 0 Å².